The molecule has 1 aromatic rings. The van der Waals surface area contributed by atoms with Crippen LogP contribution in [0.3, 0.4) is 0 Å². The summed E-state index contributed by atoms with van der Waals surface area (Å²) < 4.78 is 10.4. The molecule has 1 aromatic carbocycles. The fourth-order valence-electron chi connectivity index (χ4n) is 1.39. The summed E-state index contributed by atoms with van der Waals surface area (Å²) in [5.74, 6) is 0.213. The summed E-state index contributed by atoms with van der Waals surface area (Å²) in [4.78, 5) is 11.6. The van der Waals surface area contributed by atoms with Crippen molar-refractivity contribution in [3.8, 4) is 5.75 Å². The number of ether oxygens (including phenoxy) is 2. The Morgan fingerprint density at radius 2 is 2.20 bits per heavy atom. The number of nitrogens with one attached hydrogen (secondary N) is 1. The van der Waals surface area contributed by atoms with Crippen molar-refractivity contribution >= 4 is 5.97 Å². The Balaban J connectivity index is 1.91. The fourth-order valence-corrected chi connectivity index (χ4v) is 1.39. The molecule has 1 fully saturated rings. The highest BCUT2D eigenvalue weighted by Gasteiger charge is 2.23. The summed E-state index contributed by atoms with van der Waals surface area (Å²) in [5.41, 5.74) is 0. The second kappa shape index (κ2) is 4.91. The Kier molecular flexibility index (Phi) is 3.32. The second-order valence-corrected chi connectivity index (χ2v) is 3.30. The van der Waals surface area contributed by atoms with Crippen molar-refractivity contribution in [2.24, 2.45) is 0 Å². The van der Waals surface area contributed by atoms with Crippen molar-refractivity contribution < 1.29 is 14.3 Å². The largest absolute Gasteiger partial charge is 0.425 e. The third-order valence-electron chi connectivity index (χ3n) is 2.15. The van der Waals surface area contributed by atoms with E-state index >= 15 is 0 Å². The first kappa shape index (κ1) is 10.1. The predicted molar refractivity (Wildman–Crippen MR) is 54.7 cm³/mol. The summed E-state index contributed by atoms with van der Waals surface area (Å²) in [5, 5.41) is 3.08. The molecule has 1 aliphatic heterocycles. The Morgan fingerprint density at radius 1 is 1.40 bits per heavy atom. The van der Waals surface area contributed by atoms with E-state index in [0.717, 1.165) is 6.54 Å². The molecule has 0 amide bonds. The van der Waals surface area contributed by atoms with Gasteiger partial charge in [0.05, 0.1) is 6.61 Å². The van der Waals surface area contributed by atoms with E-state index in [4.69, 9.17) is 9.47 Å². The minimum Gasteiger partial charge on any atom is -0.425 e. The minimum atomic E-state index is -0.487. The normalized spacial score (nSPS) is 20.9. The molecule has 2 rings (SSSR count). The highest BCUT2D eigenvalue weighted by atomic mass is 16.6. The molecule has 4 heteroatoms. The summed E-state index contributed by atoms with van der Waals surface area (Å²) in [7, 11) is 0. The molecular formula is C11H13NO3. The smallest absolute Gasteiger partial charge is 0.341 e. The maximum atomic E-state index is 11.6. The first-order valence-corrected chi connectivity index (χ1v) is 4.95. The third-order valence-corrected chi connectivity index (χ3v) is 2.15. The van der Waals surface area contributed by atoms with Crippen LogP contribution in [0.1, 0.15) is 0 Å². The summed E-state index contributed by atoms with van der Waals surface area (Å²) in [6.07, 6.45) is -0.487. The van der Waals surface area contributed by atoms with Gasteiger partial charge in [0.25, 0.3) is 0 Å². The molecule has 0 spiro atoms. The van der Waals surface area contributed by atoms with Crippen molar-refractivity contribution in [2.45, 2.75) is 6.10 Å². The maximum Gasteiger partial charge on any atom is 0.341 e. The van der Waals surface area contributed by atoms with Gasteiger partial charge in [-0.1, -0.05) is 18.2 Å². The molecule has 1 aliphatic rings. The van der Waals surface area contributed by atoms with Gasteiger partial charge in [-0.15, -0.1) is 0 Å². The van der Waals surface area contributed by atoms with Gasteiger partial charge in [0.15, 0.2) is 6.10 Å². The standard InChI is InChI=1S/C11H13NO3/c13-11(10-8-12-6-7-14-10)15-9-4-2-1-3-5-9/h1-5,10,12H,6-8H2. The lowest BCUT2D eigenvalue weighted by Crippen LogP contribution is -2.44. The Hall–Kier alpha value is -1.39. The van der Waals surface area contributed by atoms with Gasteiger partial charge in [-0.25, -0.2) is 4.79 Å². The molecule has 1 N–H and O–H groups in total. The van der Waals surface area contributed by atoms with Gasteiger partial charge in [-0.3, -0.25) is 0 Å². The number of rotatable bonds is 2. The van der Waals surface area contributed by atoms with E-state index in [-0.39, 0.29) is 5.97 Å². The molecule has 80 valence electrons. The Morgan fingerprint density at radius 3 is 2.87 bits per heavy atom. The first-order valence-electron chi connectivity index (χ1n) is 4.95. The second-order valence-electron chi connectivity index (χ2n) is 3.30. The van der Waals surface area contributed by atoms with Crippen LogP contribution < -0.4 is 10.1 Å². The van der Waals surface area contributed by atoms with E-state index in [9.17, 15) is 4.79 Å². The van der Waals surface area contributed by atoms with Crippen molar-refractivity contribution in [2.75, 3.05) is 19.7 Å². The number of benzene rings is 1. The van der Waals surface area contributed by atoms with Crippen LogP contribution in [0, 0.1) is 0 Å². The van der Waals surface area contributed by atoms with Crippen molar-refractivity contribution in [1.29, 1.82) is 0 Å². The van der Waals surface area contributed by atoms with Crippen LogP contribution >= 0.6 is 0 Å². The lowest BCUT2D eigenvalue weighted by Gasteiger charge is -2.21. The highest BCUT2D eigenvalue weighted by Crippen LogP contribution is 2.10. The number of para-hydroxylation sites is 1. The lowest BCUT2D eigenvalue weighted by atomic mass is 10.3. The number of carbonyl (C=O) groups excluding carboxylic acids is 1. The van der Waals surface area contributed by atoms with E-state index in [1.165, 1.54) is 0 Å². The van der Waals surface area contributed by atoms with Gasteiger partial charge in [-0.05, 0) is 12.1 Å². The van der Waals surface area contributed by atoms with E-state index in [0.29, 0.717) is 18.9 Å². The zero-order chi connectivity index (χ0) is 10.5. The molecule has 0 bridgehead atoms. The molecule has 4 nitrogen and oxygen atoms in total. The first-order chi connectivity index (χ1) is 7.36. The minimum absolute atomic E-state index is 0.339. The van der Waals surface area contributed by atoms with Crippen molar-refractivity contribution in [3.05, 3.63) is 30.3 Å². The Labute approximate surface area is 88.2 Å². The van der Waals surface area contributed by atoms with Gasteiger partial charge >= 0.3 is 5.97 Å². The van der Waals surface area contributed by atoms with Gasteiger partial charge < -0.3 is 14.8 Å². The third kappa shape index (κ3) is 2.78. The van der Waals surface area contributed by atoms with Crippen LogP contribution in [-0.2, 0) is 9.53 Å². The average molecular weight is 207 g/mol. The van der Waals surface area contributed by atoms with Crippen LogP contribution in [-0.4, -0.2) is 31.8 Å². The molecule has 1 atom stereocenters. The van der Waals surface area contributed by atoms with Crippen LogP contribution in [0.2, 0.25) is 0 Å². The highest BCUT2D eigenvalue weighted by molar-refractivity contribution is 5.77. The predicted octanol–water partition coefficient (Wildman–Crippen LogP) is 0.580. The molecule has 15 heavy (non-hydrogen) atoms. The summed E-state index contributed by atoms with van der Waals surface area (Å²) in [6, 6.07) is 9.00. The molecule has 1 saturated heterocycles. The average Bonchev–Trinajstić information content (AvgIpc) is 2.31. The van der Waals surface area contributed by atoms with Crippen LogP contribution in [0.4, 0.5) is 0 Å². The molecule has 1 unspecified atom stereocenters. The molecular weight excluding hydrogens is 194 g/mol. The van der Waals surface area contributed by atoms with Gasteiger partial charge in [0.1, 0.15) is 5.75 Å². The van der Waals surface area contributed by atoms with E-state index in [2.05, 4.69) is 5.32 Å². The van der Waals surface area contributed by atoms with Crippen molar-refractivity contribution in [3.63, 3.8) is 0 Å². The lowest BCUT2D eigenvalue weighted by molar-refractivity contribution is -0.148. The van der Waals surface area contributed by atoms with E-state index < -0.39 is 6.10 Å². The van der Waals surface area contributed by atoms with Crippen molar-refractivity contribution in [1.82, 2.24) is 5.32 Å². The van der Waals surface area contributed by atoms with Gasteiger partial charge in [0.2, 0.25) is 0 Å². The number of carbonyl (C=O) groups is 1. The van der Waals surface area contributed by atoms with E-state index in [1.807, 2.05) is 18.2 Å². The zero-order valence-electron chi connectivity index (χ0n) is 8.31. The summed E-state index contributed by atoms with van der Waals surface area (Å²) in [6.45, 7) is 1.86. The number of morpholine rings is 1. The summed E-state index contributed by atoms with van der Waals surface area (Å²) >= 11 is 0. The van der Waals surface area contributed by atoms with E-state index in [1.54, 1.807) is 12.1 Å². The number of hydrogen-bond acceptors (Lipinski definition) is 4. The van der Waals surface area contributed by atoms with Gasteiger partial charge in [0, 0.05) is 13.1 Å². The molecule has 0 radical (unpaired) electrons. The monoisotopic (exact) mass is 207 g/mol. The number of esters is 1. The number of hydrogen-bond donors (Lipinski definition) is 1. The fraction of sp³-hybridized carbons (Fsp3) is 0.364. The van der Waals surface area contributed by atoms with Gasteiger partial charge in [-0.2, -0.15) is 0 Å². The SMILES string of the molecule is O=C(Oc1ccccc1)C1CNCCO1. The van der Waals surface area contributed by atoms with Crippen LogP contribution in [0.25, 0.3) is 0 Å². The Bertz CT molecular complexity index is 320. The maximum absolute atomic E-state index is 11.6. The van der Waals surface area contributed by atoms with Crippen LogP contribution in [0.15, 0.2) is 30.3 Å². The quantitative estimate of drug-likeness (QED) is 0.569. The van der Waals surface area contributed by atoms with Crippen LogP contribution in [0.5, 0.6) is 5.75 Å². The topological polar surface area (TPSA) is 47.6 Å². The molecule has 0 aromatic heterocycles. The molecule has 0 aliphatic carbocycles. The zero-order valence-corrected chi connectivity index (χ0v) is 8.31. The molecule has 0 saturated carbocycles. The molecule has 1 heterocycles.